The molecular weight excluding hydrogens is 274 g/mol. The van der Waals surface area contributed by atoms with Crippen LogP contribution in [0.1, 0.15) is 23.2 Å². The predicted molar refractivity (Wildman–Crippen MR) is 85.3 cm³/mol. The molecule has 4 nitrogen and oxygen atoms in total. The molecule has 2 aromatic heterocycles. The maximum absolute atomic E-state index is 12.2. The van der Waals surface area contributed by atoms with Crippen molar-refractivity contribution in [1.29, 1.82) is 0 Å². The van der Waals surface area contributed by atoms with Gasteiger partial charge in [0.2, 0.25) is 0 Å². The van der Waals surface area contributed by atoms with Gasteiger partial charge in [-0.1, -0.05) is 5.92 Å². The predicted octanol–water partition coefficient (Wildman–Crippen LogP) is 1.97. The first-order valence-corrected chi connectivity index (χ1v) is 7.88. The van der Waals surface area contributed by atoms with Crippen molar-refractivity contribution in [2.45, 2.75) is 12.8 Å². The second kappa shape index (κ2) is 5.51. The Bertz CT molecular complexity index is 755. The number of piperidine rings is 1. The van der Waals surface area contributed by atoms with E-state index in [1.54, 1.807) is 0 Å². The van der Waals surface area contributed by atoms with Gasteiger partial charge < -0.3 is 9.30 Å². The van der Waals surface area contributed by atoms with Gasteiger partial charge in [0.25, 0.3) is 5.91 Å². The second-order valence-corrected chi connectivity index (χ2v) is 6.33. The summed E-state index contributed by atoms with van der Waals surface area (Å²) in [5.74, 6) is 4.30. The van der Waals surface area contributed by atoms with Crippen molar-refractivity contribution < 1.29 is 4.79 Å². The number of nitrogens with zero attached hydrogens (tertiary/aromatic N) is 2. The number of carbonyl (C=O) groups excluding carboxylic acids is 1. The molecule has 0 aromatic carbocycles. The Hall–Kier alpha value is -2.25. The van der Waals surface area contributed by atoms with Crippen molar-refractivity contribution in [1.82, 2.24) is 14.6 Å². The molecule has 112 valence electrons. The van der Waals surface area contributed by atoms with E-state index >= 15 is 0 Å². The minimum atomic E-state index is -0.129. The number of aromatic nitrogens is 1. The van der Waals surface area contributed by atoms with E-state index in [1.807, 2.05) is 41.1 Å². The molecule has 22 heavy (non-hydrogen) atoms. The van der Waals surface area contributed by atoms with Crippen LogP contribution >= 0.6 is 0 Å². The van der Waals surface area contributed by atoms with Crippen LogP contribution in [0.25, 0.3) is 5.52 Å². The summed E-state index contributed by atoms with van der Waals surface area (Å²) in [6.07, 6.45) is 6.34. The zero-order valence-corrected chi connectivity index (χ0v) is 12.5. The number of hydrogen-bond donors (Lipinski definition) is 1. The Kier molecular flexibility index (Phi) is 3.36. The fourth-order valence-electron chi connectivity index (χ4n) is 3.61. The van der Waals surface area contributed by atoms with Gasteiger partial charge in [0.1, 0.15) is 0 Å². The summed E-state index contributed by atoms with van der Waals surface area (Å²) >= 11 is 0. The number of fused-ring (bicyclic) bond motifs is 3. The van der Waals surface area contributed by atoms with E-state index in [1.165, 1.54) is 25.9 Å². The second-order valence-electron chi connectivity index (χ2n) is 6.33. The van der Waals surface area contributed by atoms with Crippen molar-refractivity contribution >= 4 is 11.4 Å². The topological polar surface area (TPSA) is 36.8 Å². The molecule has 4 heteroatoms. The van der Waals surface area contributed by atoms with Crippen molar-refractivity contribution in [3.05, 3.63) is 42.2 Å². The molecule has 2 aliphatic rings. The van der Waals surface area contributed by atoms with E-state index in [2.05, 4.69) is 22.2 Å². The third-order valence-corrected chi connectivity index (χ3v) is 4.71. The Morgan fingerprint density at radius 1 is 1.27 bits per heavy atom. The molecule has 1 amide bonds. The van der Waals surface area contributed by atoms with E-state index in [0.29, 0.717) is 11.5 Å². The van der Waals surface area contributed by atoms with Crippen LogP contribution in [0, 0.1) is 23.8 Å². The molecule has 1 unspecified atom stereocenters. The number of hydrogen-bond acceptors (Lipinski definition) is 2. The molecule has 2 bridgehead atoms. The molecule has 0 aliphatic carbocycles. The first-order chi connectivity index (χ1) is 10.8. The standard InChI is InChI=1S/C18H19N3O/c22-18(16-5-9-21-7-1-2-17(21)11-16)19-6-3-14-10-15-4-8-20(12-14)13-15/h1-2,5,7,9,11,14-15H,4,8,10,12-13H2,(H,19,22)/t14-,15-/m0/s1. The summed E-state index contributed by atoms with van der Waals surface area (Å²) in [6, 6.07) is 10.5. The van der Waals surface area contributed by atoms with Gasteiger partial charge in [-0.25, -0.2) is 0 Å². The molecule has 3 atom stereocenters. The summed E-state index contributed by atoms with van der Waals surface area (Å²) in [4.78, 5) is 14.6. The Morgan fingerprint density at radius 2 is 2.23 bits per heavy atom. The quantitative estimate of drug-likeness (QED) is 0.645. The zero-order chi connectivity index (χ0) is 14.9. The summed E-state index contributed by atoms with van der Waals surface area (Å²) in [6.45, 7) is 3.50. The number of carbonyl (C=O) groups is 1. The van der Waals surface area contributed by atoms with Crippen LogP contribution in [0.5, 0.6) is 0 Å². The van der Waals surface area contributed by atoms with Gasteiger partial charge in [0.05, 0.1) is 0 Å². The molecule has 2 fully saturated rings. The van der Waals surface area contributed by atoms with Gasteiger partial charge in [-0.3, -0.25) is 10.1 Å². The first kappa shape index (κ1) is 13.4. The van der Waals surface area contributed by atoms with Crippen LogP contribution < -0.4 is 5.32 Å². The molecule has 0 saturated carbocycles. The largest absolute Gasteiger partial charge is 0.324 e. The fourth-order valence-corrected chi connectivity index (χ4v) is 3.61. The van der Waals surface area contributed by atoms with Gasteiger partial charge in [-0.15, -0.1) is 0 Å². The zero-order valence-electron chi connectivity index (χ0n) is 12.5. The molecule has 0 spiro atoms. The van der Waals surface area contributed by atoms with Crippen LogP contribution in [0.2, 0.25) is 0 Å². The lowest BCUT2D eigenvalue weighted by molar-refractivity contribution is 0.0973. The Morgan fingerprint density at radius 3 is 3.14 bits per heavy atom. The minimum Gasteiger partial charge on any atom is -0.324 e. The Balaban J connectivity index is 1.41. The average molecular weight is 293 g/mol. The van der Waals surface area contributed by atoms with Crippen LogP contribution in [0.15, 0.2) is 36.7 Å². The first-order valence-electron chi connectivity index (χ1n) is 7.88. The van der Waals surface area contributed by atoms with Gasteiger partial charge in [0.15, 0.2) is 0 Å². The number of pyridine rings is 1. The minimum absolute atomic E-state index is 0.129. The van der Waals surface area contributed by atoms with Crippen molar-refractivity contribution in [2.24, 2.45) is 11.8 Å². The van der Waals surface area contributed by atoms with Gasteiger partial charge in [0, 0.05) is 48.5 Å². The van der Waals surface area contributed by atoms with E-state index < -0.39 is 0 Å². The fraction of sp³-hybridized carbons (Fsp3) is 0.389. The van der Waals surface area contributed by atoms with Crippen LogP contribution in [-0.2, 0) is 0 Å². The maximum atomic E-state index is 12.2. The highest BCUT2D eigenvalue weighted by Gasteiger charge is 2.31. The molecule has 4 heterocycles. The molecule has 0 radical (unpaired) electrons. The summed E-state index contributed by atoms with van der Waals surface area (Å²) < 4.78 is 1.98. The Labute approximate surface area is 130 Å². The maximum Gasteiger partial charge on any atom is 0.262 e. The molecular formula is C18H19N3O. The molecule has 2 aliphatic heterocycles. The van der Waals surface area contributed by atoms with Gasteiger partial charge >= 0.3 is 0 Å². The number of amides is 1. The van der Waals surface area contributed by atoms with Crippen molar-refractivity contribution in [2.75, 3.05) is 19.6 Å². The van der Waals surface area contributed by atoms with E-state index in [4.69, 9.17) is 0 Å². The molecule has 1 N–H and O–H groups in total. The highest BCUT2D eigenvalue weighted by molar-refractivity contribution is 5.96. The molecule has 4 rings (SSSR count). The van der Waals surface area contributed by atoms with Crippen LogP contribution in [0.4, 0.5) is 0 Å². The number of nitrogens with one attached hydrogen (secondary N) is 1. The number of rotatable bonds is 1. The van der Waals surface area contributed by atoms with E-state index in [0.717, 1.165) is 18.0 Å². The third kappa shape index (κ3) is 2.60. The van der Waals surface area contributed by atoms with Crippen molar-refractivity contribution in [3.63, 3.8) is 0 Å². The lowest BCUT2D eigenvalue weighted by Crippen LogP contribution is -2.32. The average Bonchev–Trinajstić information content (AvgIpc) is 3.12. The molecule has 2 aromatic rings. The summed E-state index contributed by atoms with van der Waals surface area (Å²) in [7, 11) is 0. The molecule has 2 saturated heterocycles. The normalized spacial score (nSPS) is 26.5. The van der Waals surface area contributed by atoms with Crippen LogP contribution in [0.3, 0.4) is 0 Å². The summed E-state index contributed by atoms with van der Waals surface area (Å²) in [5, 5.41) is 2.73. The van der Waals surface area contributed by atoms with E-state index in [-0.39, 0.29) is 5.91 Å². The SMILES string of the molecule is O=C(NC#C[C@H]1C[C@@H]2CCN(C1)C2)c1ccn2cccc2c1. The summed E-state index contributed by atoms with van der Waals surface area (Å²) in [5.41, 5.74) is 1.66. The monoisotopic (exact) mass is 293 g/mol. The van der Waals surface area contributed by atoms with Gasteiger partial charge in [-0.2, -0.15) is 0 Å². The van der Waals surface area contributed by atoms with Gasteiger partial charge in [-0.05, 0) is 49.6 Å². The third-order valence-electron chi connectivity index (χ3n) is 4.71. The lowest BCUT2D eigenvalue weighted by atomic mass is 9.92. The van der Waals surface area contributed by atoms with E-state index in [9.17, 15) is 4.79 Å². The lowest BCUT2D eigenvalue weighted by Gasteiger charge is -2.26. The smallest absolute Gasteiger partial charge is 0.262 e. The van der Waals surface area contributed by atoms with Crippen molar-refractivity contribution in [3.8, 4) is 12.0 Å². The van der Waals surface area contributed by atoms with Crippen LogP contribution in [-0.4, -0.2) is 34.8 Å². The highest BCUT2D eigenvalue weighted by atomic mass is 16.1. The highest BCUT2D eigenvalue weighted by Crippen LogP contribution is 2.29.